The van der Waals surface area contributed by atoms with Gasteiger partial charge in [-0.15, -0.1) is 11.6 Å². The van der Waals surface area contributed by atoms with Gasteiger partial charge in [-0.3, -0.25) is 0 Å². The Morgan fingerprint density at radius 3 is 2.57 bits per heavy atom. The molecule has 0 heterocycles. The summed E-state index contributed by atoms with van der Waals surface area (Å²) in [5.41, 5.74) is 0. The number of aliphatic hydroxyl groups excluding tert-OH is 1. The lowest BCUT2D eigenvalue weighted by Crippen LogP contribution is -2.10. The molecule has 0 aromatic heterocycles. The van der Waals surface area contributed by atoms with Crippen LogP contribution in [0.15, 0.2) is 0 Å². The number of halogens is 1. The van der Waals surface area contributed by atoms with Crippen molar-refractivity contribution in [2.75, 3.05) is 12.4 Å². The number of hydrogen-bond acceptors (Lipinski definition) is 1. The van der Waals surface area contributed by atoms with Crippen molar-refractivity contribution in [3.63, 3.8) is 0 Å². The van der Waals surface area contributed by atoms with Gasteiger partial charge in [-0.05, 0) is 0 Å². The van der Waals surface area contributed by atoms with Gasteiger partial charge in [0, 0.05) is 0 Å². The highest BCUT2D eigenvalue weighted by Gasteiger charge is 2.01. The largest absolute Gasteiger partial charge is 0.384 e. The maximum Gasteiger partial charge on any atom is 0.241 e. The molecule has 2 nitrogen and oxygen atoms in total. The third-order valence-electron chi connectivity index (χ3n) is 0.480. The van der Waals surface area contributed by atoms with Crippen LogP contribution in [0, 0.1) is 6.57 Å². The van der Waals surface area contributed by atoms with E-state index in [0.717, 1.165) is 0 Å². The summed E-state index contributed by atoms with van der Waals surface area (Å²) in [4.78, 5) is 2.92. The van der Waals surface area contributed by atoms with E-state index in [4.69, 9.17) is 23.3 Å². The second-order valence-corrected chi connectivity index (χ2v) is 1.46. The first-order chi connectivity index (χ1) is 3.31. The zero-order valence-corrected chi connectivity index (χ0v) is 4.52. The maximum absolute atomic E-state index is 8.51. The van der Waals surface area contributed by atoms with Crippen molar-refractivity contribution in [2.45, 2.75) is 6.10 Å². The smallest absolute Gasteiger partial charge is 0.241 e. The molecule has 0 spiro atoms. The number of hydrogen-bond donors (Lipinski definition) is 1. The van der Waals surface area contributed by atoms with Crippen LogP contribution >= 0.6 is 11.6 Å². The van der Waals surface area contributed by atoms with Gasteiger partial charge in [0.05, 0.1) is 5.88 Å². The number of rotatable bonds is 2. The summed E-state index contributed by atoms with van der Waals surface area (Å²) >= 11 is 5.14. The molecule has 0 saturated carbocycles. The average molecular weight is 120 g/mol. The number of aliphatic hydroxyl groups is 1. The molecular formula is C4H6ClNO. The second-order valence-electron chi connectivity index (χ2n) is 1.15. The van der Waals surface area contributed by atoms with Crippen LogP contribution in [0.3, 0.4) is 0 Å². The minimum absolute atomic E-state index is 0.115. The first-order valence-electron chi connectivity index (χ1n) is 1.88. The predicted octanol–water partition coefficient (Wildman–Crippen LogP) is 0.505. The van der Waals surface area contributed by atoms with Crippen LogP contribution in [0.4, 0.5) is 0 Å². The summed E-state index contributed by atoms with van der Waals surface area (Å²) < 4.78 is 0. The van der Waals surface area contributed by atoms with Crippen LogP contribution < -0.4 is 0 Å². The van der Waals surface area contributed by atoms with Gasteiger partial charge in [0.2, 0.25) is 6.54 Å². The van der Waals surface area contributed by atoms with E-state index in [1.807, 2.05) is 0 Å². The molecule has 0 rings (SSSR count). The summed E-state index contributed by atoms with van der Waals surface area (Å²) in [5.74, 6) is 0.155. The van der Waals surface area contributed by atoms with Gasteiger partial charge in [-0.25, -0.2) is 6.57 Å². The maximum atomic E-state index is 8.51. The molecule has 0 aliphatic heterocycles. The Hall–Kier alpha value is -0.260. The van der Waals surface area contributed by atoms with E-state index in [1.54, 1.807) is 0 Å². The molecule has 3 heteroatoms. The Morgan fingerprint density at radius 1 is 1.86 bits per heavy atom. The Labute approximate surface area is 47.5 Å². The molecule has 1 atom stereocenters. The van der Waals surface area contributed by atoms with Crippen LogP contribution in [-0.2, 0) is 0 Å². The standard InChI is InChI=1S/C4H6ClNO/c1-6-3-4(7)2-5/h4,7H,2-3H2. The van der Waals surface area contributed by atoms with Crippen LogP contribution in [-0.4, -0.2) is 23.6 Å². The molecule has 0 aromatic carbocycles. The zero-order chi connectivity index (χ0) is 5.70. The molecule has 7 heavy (non-hydrogen) atoms. The van der Waals surface area contributed by atoms with Gasteiger partial charge < -0.3 is 9.95 Å². The number of nitrogens with zero attached hydrogens (tertiary/aromatic N) is 1. The monoisotopic (exact) mass is 119 g/mol. The van der Waals surface area contributed by atoms with E-state index in [1.165, 1.54) is 0 Å². The van der Waals surface area contributed by atoms with Gasteiger partial charge in [0.15, 0.2) is 0 Å². The predicted molar refractivity (Wildman–Crippen MR) is 28.2 cm³/mol. The second kappa shape index (κ2) is 3.91. The van der Waals surface area contributed by atoms with Crippen LogP contribution in [0.5, 0.6) is 0 Å². The third-order valence-corrected chi connectivity index (χ3v) is 0.836. The first kappa shape index (κ1) is 6.74. The van der Waals surface area contributed by atoms with Crippen molar-refractivity contribution in [1.82, 2.24) is 0 Å². The molecule has 40 valence electrons. The molecule has 0 amide bonds. The van der Waals surface area contributed by atoms with E-state index in [2.05, 4.69) is 4.85 Å². The lowest BCUT2D eigenvalue weighted by molar-refractivity contribution is 0.215. The Balaban J connectivity index is 3.03. The van der Waals surface area contributed by atoms with E-state index in [-0.39, 0.29) is 12.4 Å². The molecule has 0 aliphatic carbocycles. The summed E-state index contributed by atoms with van der Waals surface area (Å²) in [6.45, 7) is 6.36. The quantitative estimate of drug-likeness (QED) is 0.416. The van der Waals surface area contributed by atoms with Crippen LogP contribution in [0.1, 0.15) is 0 Å². The average Bonchev–Trinajstić information content (AvgIpc) is 1.68. The van der Waals surface area contributed by atoms with Gasteiger partial charge in [-0.1, -0.05) is 0 Å². The van der Waals surface area contributed by atoms with Gasteiger partial charge >= 0.3 is 0 Å². The van der Waals surface area contributed by atoms with Crippen molar-refractivity contribution in [2.24, 2.45) is 0 Å². The molecule has 1 unspecified atom stereocenters. The molecule has 0 radical (unpaired) electrons. The lowest BCUT2D eigenvalue weighted by Gasteiger charge is -1.91. The van der Waals surface area contributed by atoms with Crippen LogP contribution in [0.25, 0.3) is 4.85 Å². The fourth-order valence-corrected chi connectivity index (χ4v) is 0.252. The zero-order valence-electron chi connectivity index (χ0n) is 3.76. The van der Waals surface area contributed by atoms with Gasteiger partial charge in [0.25, 0.3) is 0 Å². The molecular weight excluding hydrogens is 114 g/mol. The molecule has 0 bridgehead atoms. The van der Waals surface area contributed by atoms with Gasteiger partial charge in [0.1, 0.15) is 6.10 Å². The van der Waals surface area contributed by atoms with Crippen molar-refractivity contribution in [3.05, 3.63) is 11.4 Å². The van der Waals surface area contributed by atoms with E-state index >= 15 is 0 Å². The normalized spacial score (nSPS) is 12.7. The van der Waals surface area contributed by atoms with E-state index in [0.29, 0.717) is 0 Å². The topological polar surface area (TPSA) is 24.6 Å². The van der Waals surface area contributed by atoms with E-state index in [9.17, 15) is 0 Å². The highest BCUT2D eigenvalue weighted by molar-refractivity contribution is 6.18. The Morgan fingerprint density at radius 2 is 2.43 bits per heavy atom. The Kier molecular flexibility index (Phi) is 3.77. The summed E-state index contributed by atoms with van der Waals surface area (Å²) in [5, 5.41) is 8.51. The van der Waals surface area contributed by atoms with Gasteiger partial charge in [-0.2, -0.15) is 0 Å². The first-order valence-corrected chi connectivity index (χ1v) is 2.42. The summed E-state index contributed by atoms with van der Waals surface area (Å²) in [6, 6.07) is 0. The molecule has 1 N–H and O–H groups in total. The van der Waals surface area contributed by atoms with Crippen molar-refractivity contribution in [1.29, 1.82) is 0 Å². The molecule has 0 saturated heterocycles. The molecule has 0 fully saturated rings. The van der Waals surface area contributed by atoms with Crippen molar-refractivity contribution >= 4 is 11.6 Å². The highest BCUT2D eigenvalue weighted by atomic mass is 35.5. The highest BCUT2D eigenvalue weighted by Crippen LogP contribution is 1.86. The SMILES string of the molecule is [C-]#[N+]CC(O)CCl. The Bertz CT molecular complexity index is 78.2. The van der Waals surface area contributed by atoms with E-state index < -0.39 is 6.10 Å². The minimum Gasteiger partial charge on any atom is -0.384 e. The molecule has 0 aliphatic rings. The summed E-state index contributed by atoms with van der Waals surface area (Å²) in [6.07, 6.45) is -0.640. The number of alkyl halides is 1. The van der Waals surface area contributed by atoms with Crippen molar-refractivity contribution < 1.29 is 5.11 Å². The fourth-order valence-electron chi connectivity index (χ4n) is 0.154. The molecule has 0 aromatic rings. The fraction of sp³-hybridized carbons (Fsp3) is 0.750. The lowest BCUT2D eigenvalue weighted by atomic mass is 10.4. The van der Waals surface area contributed by atoms with Crippen molar-refractivity contribution in [3.8, 4) is 0 Å². The third kappa shape index (κ3) is 3.57. The van der Waals surface area contributed by atoms with Crippen LogP contribution in [0.2, 0.25) is 0 Å². The minimum atomic E-state index is -0.640. The summed E-state index contributed by atoms with van der Waals surface area (Å²) in [7, 11) is 0.